The maximum atomic E-state index is 12.3. The fraction of sp³-hybridized carbons (Fsp3) is 0.600. The molecule has 170 valence electrons. The summed E-state index contributed by atoms with van der Waals surface area (Å²) in [5.74, 6) is -1.36. The first-order chi connectivity index (χ1) is 14.6. The third kappa shape index (κ3) is 6.39. The molecule has 1 aromatic rings. The van der Waals surface area contributed by atoms with Crippen LogP contribution in [0.4, 0.5) is 13.2 Å². The van der Waals surface area contributed by atoms with E-state index in [1.165, 1.54) is 12.8 Å². The van der Waals surface area contributed by atoms with E-state index in [9.17, 15) is 22.8 Å². The summed E-state index contributed by atoms with van der Waals surface area (Å²) >= 11 is 0. The Morgan fingerprint density at radius 1 is 1.26 bits per heavy atom. The number of likely N-dealkylation sites (tertiary alicyclic amines) is 1. The highest BCUT2D eigenvalue weighted by molar-refractivity contribution is 5.93. The summed E-state index contributed by atoms with van der Waals surface area (Å²) < 4.78 is 37.6. The van der Waals surface area contributed by atoms with Gasteiger partial charge in [0.25, 0.3) is 5.91 Å². The Balaban J connectivity index is 0.000000339. The molecular weight excluding hydrogens is 419 g/mol. The molecule has 2 saturated heterocycles. The van der Waals surface area contributed by atoms with Gasteiger partial charge in [0.2, 0.25) is 5.91 Å². The molecular formula is C20H24F3N3O5. The van der Waals surface area contributed by atoms with Crippen molar-refractivity contribution in [2.45, 2.75) is 31.5 Å². The van der Waals surface area contributed by atoms with E-state index in [1.807, 2.05) is 4.90 Å². The number of rotatable bonds is 5. The number of amides is 2. The van der Waals surface area contributed by atoms with Crippen molar-refractivity contribution in [3.63, 3.8) is 0 Å². The number of aliphatic carboxylic acids is 1. The van der Waals surface area contributed by atoms with E-state index in [4.69, 9.17) is 14.6 Å². The summed E-state index contributed by atoms with van der Waals surface area (Å²) in [6.07, 6.45) is 1.36. The zero-order chi connectivity index (χ0) is 22.6. The SMILES string of the molecule is O=C(NC[C@H]1CO[C@@H]2CN(C(=O)CC3CC3)C[C@H]12)c1cccnc1.O=C(O)C(F)(F)F. The number of carboxylic acid groups (broad SMARTS) is 1. The Kier molecular flexibility index (Phi) is 7.14. The van der Waals surface area contributed by atoms with Gasteiger partial charge < -0.3 is 20.1 Å². The van der Waals surface area contributed by atoms with Crippen LogP contribution in [0.25, 0.3) is 0 Å². The predicted octanol–water partition coefficient (Wildman–Crippen LogP) is 1.72. The van der Waals surface area contributed by atoms with Crippen LogP contribution in [-0.2, 0) is 14.3 Å². The van der Waals surface area contributed by atoms with Gasteiger partial charge in [-0.2, -0.15) is 13.2 Å². The van der Waals surface area contributed by atoms with E-state index < -0.39 is 12.1 Å². The normalized spacial score (nSPS) is 24.7. The maximum absolute atomic E-state index is 12.3. The number of ether oxygens (including phenoxy) is 1. The van der Waals surface area contributed by atoms with Gasteiger partial charge in [-0.3, -0.25) is 14.6 Å². The molecule has 0 spiro atoms. The molecule has 2 aliphatic heterocycles. The highest BCUT2D eigenvalue weighted by atomic mass is 19.4. The first kappa shape index (κ1) is 23.0. The second-order valence-electron chi connectivity index (χ2n) is 8.00. The Hall–Kier alpha value is -2.69. The van der Waals surface area contributed by atoms with E-state index in [2.05, 4.69) is 10.3 Å². The van der Waals surface area contributed by atoms with Crippen molar-refractivity contribution < 1.29 is 37.4 Å². The number of nitrogens with zero attached hydrogens (tertiary/aromatic N) is 2. The summed E-state index contributed by atoms with van der Waals surface area (Å²) in [6, 6.07) is 3.51. The number of aromatic nitrogens is 1. The van der Waals surface area contributed by atoms with E-state index in [1.54, 1.807) is 24.5 Å². The molecule has 0 unspecified atom stereocenters. The fourth-order valence-corrected chi connectivity index (χ4v) is 3.73. The Morgan fingerprint density at radius 3 is 2.55 bits per heavy atom. The lowest BCUT2D eigenvalue weighted by Gasteiger charge is -2.20. The highest BCUT2D eigenvalue weighted by Crippen LogP contribution is 2.36. The highest BCUT2D eigenvalue weighted by Gasteiger charge is 2.45. The molecule has 0 bridgehead atoms. The topological polar surface area (TPSA) is 109 Å². The molecule has 3 aliphatic rings. The molecule has 1 aliphatic carbocycles. The third-order valence-electron chi connectivity index (χ3n) is 5.64. The quantitative estimate of drug-likeness (QED) is 0.718. The average Bonchev–Trinajstić information content (AvgIpc) is 3.30. The smallest absolute Gasteiger partial charge is 0.475 e. The number of hydrogen-bond acceptors (Lipinski definition) is 5. The molecule has 31 heavy (non-hydrogen) atoms. The summed E-state index contributed by atoms with van der Waals surface area (Å²) in [5.41, 5.74) is 0.570. The van der Waals surface area contributed by atoms with Gasteiger partial charge >= 0.3 is 12.1 Å². The predicted molar refractivity (Wildman–Crippen MR) is 101 cm³/mol. The number of fused-ring (bicyclic) bond motifs is 1. The Morgan fingerprint density at radius 2 is 1.97 bits per heavy atom. The van der Waals surface area contributed by atoms with E-state index >= 15 is 0 Å². The molecule has 11 heteroatoms. The summed E-state index contributed by atoms with van der Waals surface area (Å²) in [7, 11) is 0. The van der Waals surface area contributed by atoms with E-state index in [0.29, 0.717) is 43.5 Å². The van der Waals surface area contributed by atoms with Crippen LogP contribution in [0.5, 0.6) is 0 Å². The van der Waals surface area contributed by atoms with Crippen molar-refractivity contribution in [1.82, 2.24) is 15.2 Å². The Bertz CT molecular complexity index is 801. The zero-order valence-corrected chi connectivity index (χ0v) is 16.7. The second-order valence-corrected chi connectivity index (χ2v) is 8.00. The fourth-order valence-electron chi connectivity index (χ4n) is 3.73. The van der Waals surface area contributed by atoms with Gasteiger partial charge in [-0.1, -0.05) is 0 Å². The molecule has 1 saturated carbocycles. The molecule has 4 rings (SSSR count). The number of carbonyl (C=O) groups excluding carboxylic acids is 2. The monoisotopic (exact) mass is 443 g/mol. The van der Waals surface area contributed by atoms with Crippen molar-refractivity contribution in [2.75, 3.05) is 26.2 Å². The minimum Gasteiger partial charge on any atom is -0.475 e. The van der Waals surface area contributed by atoms with Crippen molar-refractivity contribution >= 4 is 17.8 Å². The van der Waals surface area contributed by atoms with Gasteiger partial charge in [0, 0.05) is 50.3 Å². The molecule has 0 aromatic carbocycles. The Labute approximate surface area is 176 Å². The van der Waals surface area contributed by atoms with Crippen LogP contribution in [0.2, 0.25) is 0 Å². The lowest BCUT2D eigenvalue weighted by Crippen LogP contribution is -2.35. The van der Waals surface area contributed by atoms with Crippen LogP contribution < -0.4 is 5.32 Å². The van der Waals surface area contributed by atoms with Crippen LogP contribution >= 0.6 is 0 Å². The molecule has 2 amide bonds. The lowest BCUT2D eigenvalue weighted by atomic mass is 9.93. The summed E-state index contributed by atoms with van der Waals surface area (Å²) in [5, 5.41) is 10.1. The summed E-state index contributed by atoms with van der Waals surface area (Å²) in [4.78, 5) is 39.2. The molecule has 8 nitrogen and oxygen atoms in total. The van der Waals surface area contributed by atoms with Gasteiger partial charge in [-0.05, 0) is 30.9 Å². The van der Waals surface area contributed by atoms with Crippen molar-refractivity contribution in [3.8, 4) is 0 Å². The number of hydrogen-bond donors (Lipinski definition) is 2. The lowest BCUT2D eigenvalue weighted by molar-refractivity contribution is -0.192. The summed E-state index contributed by atoms with van der Waals surface area (Å²) in [6.45, 7) is 2.72. The van der Waals surface area contributed by atoms with Crippen molar-refractivity contribution in [3.05, 3.63) is 30.1 Å². The van der Waals surface area contributed by atoms with Gasteiger partial charge in [-0.25, -0.2) is 4.79 Å². The van der Waals surface area contributed by atoms with Crippen LogP contribution in [0, 0.1) is 17.8 Å². The van der Waals surface area contributed by atoms with Crippen LogP contribution in [0.15, 0.2) is 24.5 Å². The maximum Gasteiger partial charge on any atom is 0.490 e. The number of halogens is 3. The van der Waals surface area contributed by atoms with E-state index in [0.717, 1.165) is 6.54 Å². The van der Waals surface area contributed by atoms with Gasteiger partial charge in [0.05, 0.1) is 18.3 Å². The molecule has 3 atom stereocenters. The molecule has 1 aromatic heterocycles. The van der Waals surface area contributed by atoms with Gasteiger partial charge in [-0.15, -0.1) is 0 Å². The van der Waals surface area contributed by atoms with Crippen molar-refractivity contribution in [2.24, 2.45) is 17.8 Å². The number of nitrogens with one attached hydrogen (secondary N) is 1. The molecule has 3 fully saturated rings. The molecule has 0 radical (unpaired) electrons. The second kappa shape index (κ2) is 9.63. The van der Waals surface area contributed by atoms with Crippen LogP contribution in [0.3, 0.4) is 0 Å². The van der Waals surface area contributed by atoms with Crippen LogP contribution in [-0.4, -0.2) is 71.3 Å². The zero-order valence-electron chi connectivity index (χ0n) is 16.7. The van der Waals surface area contributed by atoms with Gasteiger partial charge in [0.15, 0.2) is 0 Å². The minimum absolute atomic E-state index is 0.105. The van der Waals surface area contributed by atoms with Crippen molar-refractivity contribution in [1.29, 1.82) is 0 Å². The van der Waals surface area contributed by atoms with Gasteiger partial charge in [0.1, 0.15) is 0 Å². The number of carboxylic acids is 1. The first-order valence-electron chi connectivity index (χ1n) is 10.0. The minimum atomic E-state index is -5.08. The third-order valence-corrected chi connectivity index (χ3v) is 5.64. The number of pyridine rings is 1. The first-order valence-corrected chi connectivity index (χ1v) is 10.0. The molecule has 3 heterocycles. The number of carbonyl (C=O) groups is 3. The van der Waals surface area contributed by atoms with Crippen LogP contribution in [0.1, 0.15) is 29.6 Å². The average molecular weight is 443 g/mol. The largest absolute Gasteiger partial charge is 0.490 e. The number of alkyl halides is 3. The standard InChI is InChI=1S/C18H23N3O3.C2HF3O2/c22-17(6-12-3-4-12)21-9-15-14(11-24-16(15)10-21)8-20-18(23)13-2-1-5-19-7-13;3-2(4,5)1(6)7/h1-2,5,7,12,14-16H,3-4,6,8-11H2,(H,20,23);(H,6,7)/t14-,15+,16+;/m0./s1. The van der Waals surface area contributed by atoms with E-state index in [-0.39, 0.29) is 23.8 Å². The molecule has 2 N–H and O–H groups in total.